The molecule has 12 rings (SSSR count). The van der Waals surface area contributed by atoms with E-state index in [1.165, 1.54) is 0 Å². The monoisotopic (exact) mass is 1930 g/mol. The van der Waals surface area contributed by atoms with Gasteiger partial charge < -0.3 is 85.3 Å². The van der Waals surface area contributed by atoms with Crippen molar-refractivity contribution >= 4 is 107 Å². The molecular weight excluding hydrogens is 1780 g/mol. The lowest BCUT2D eigenvalue weighted by Crippen LogP contribution is -2.48. The molecule has 21 unspecified atom stereocenters. The second kappa shape index (κ2) is 44.3. The van der Waals surface area contributed by atoms with E-state index in [0.29, 0.717) is 135 Å². The van der Waals surface area contributed by atoms with Gasteiger partial charge in [-0.15, -0.1) is 0 Å². The van der Waals surface area contributed by atoms with Crippen LogP contribution in [0.3, 0.4) is 0 Å². The highest BCUT2D eigenvalue weighted by Gasteiger charge is 2.63. The maximum Gasteiger partial charge on any atom is 0.344 e. The van der Waals surface area contributed by atoms with E-state index in [2.05, 4.69) is 0 Å². The summed E-state index contributed by atoms with van der Waals surface area (Å²) in [6.45, 7) is 48.6. The number of rotatable bonds is 30. The standard InChI is InChI=1S/4C17H26O6.2C16H24O6/c1-6-16(3,4)15(20)21-9-13(18)23-17(5)8-10(2)11-7-12(17)22-14(11)19;1-6-16(3,4)15(20)21-9-13(18)22-12-7-10(2)11-8-17(12,5)23-14(11)19;1-6-15(2,3)13(19)21-10-12(18)23-17(5)8-7-16(4)9-11(17)22-14(16)20;1-6-15(2,3)13(19)21-9-12(18)22-11-7-8-16(4)10-17(11,5)23-14(16)20;1-5-16(3,4)15(19)20-8-13(17)21-11-6-9(2)10-7-12(11)22-14(10)18;1-5-15(2,3)13(18)20-9-12(17)21-10-6-7-16(4)8-11(10)22-14(16)19/h2*10-12H,6-9H2,1-5H3;2*11H,6-10H2,1-5H3;9-12H,5-8H2,1-4H3;10-11H,5-9H2,1-4H3. The van der Waals surface area contributed by atoms with Gasteiger partial charge in [-0.2, -0.15) is 0 Å². The molecule has 6 aliphatic heterocycles. The first-order chi connectivity index (χ1) is 62.6. The third-order valence-electron chi connectivity index (χ3n) is 30.7. The molecule has 0 aromatic rings. The van der Waals surface area contributed by atoms with Crippen molar-refractivity contribution in [2.24, 2.45) is 84.2 Å². The first kappa shape index (κ1) is 113. The van der Waals surface area contributed by atoms with Crippen molar-refractivity contribution in [2.45, 2.75) is 400 Å². The minimum absolute atomic E-state index is 0.0804. The van der Waals surface area contributed by atoms with Crippen LogP contribution in [0, 0.1) is 84.2 Å². The van der Waals surface area contributed by atoms with Gasteiger partial charge >= 0.3 is 107 Å². The molecule has 36 nitrogen and oxygen atoms in total. The largest absolute Gasteiger partial charge is 0.458 e. The number of ether oxygens (including phenoxy) is 18. The first-order valence-corrected chi connectivity index (χ1v) is 48.2. The molecule has 6 saturated carbocycles. The SMILES string of the molecule is CCC(C)(C)C(=O)OCC(=O)OC1(C)CC(C)C2CC1OC2=O.CCC(C)(C)C(=O)OCC(=O)OC1(C)CCC2(C)CC1OC2=O.CCC(C)(C)C(=O)OCC(=O)OC1CC(C)C2CC1(C)OC2=O.CCC(C)(C)C(=O)OCC(=O)OC1CC(C)C2CC1OC2=O.CCC(C)(C)C(=O)OCC(=O)OC1CCC2(C)CC1(C)OC2=O.CCC(C)(C)C(=O)OCC(=O)OC1CCC2(C)CC1OC2=O. The number of hydrogen-bond acceptors (Lipinski definition) is 36. The Morgan fingerprint density at radius 1 is 0.316 bits per heavy atom. The lowest BCUT2D eigenvalue weighted by molar-refractivity contribution is -0.186. The van der Waals surface area contributed by atoms with Crippen LogP contribution in [0.15, 0.2) is 0 Å². The van der Waals surface area contributed by atoms with Crippen LogP contribution in [-0.4, -0.2) is 218 Å². The summed E-state index contributed by atoms with van der Waals surface area (Å²) in [6, 6.07) is 0. The second-order valence-corrected chi connectivity index (χ2v) is 44.6. The summed E-state index contributed by atoms with van der Waals surface area (Å²) < 4.78 is 94.9. The minimum atomic E-state index is -0.855. The van der Waals surface area contributed by atoms with E-state index in [1.54, 1.807) is 111 Å². The molecule has 0 N–H and O–H groups in total. The fourth-order valence-corrected chi connectivity index (χ4v) is 17.9. The fraction of sp³-hybridized carbons (Fsp3) is 0.820. The summed E-state index contributed by atoms with van der Waals surface area (Å²) >= 11 is 0. The Hall–Kier alpha value is -9.54. The molecule has 21 atom stereocenters. The molecule has 136 heavy (non-hydrogen) atoms. The Balaban J connectivity index is 0.000000222. The van der Waals surface area contributed by atoms with Crippen LogP contribution in [0.25, 0.3) is 0 Å². The average Bonchev–Trinajstić information content (AvgIpc) is 1.59. The number of hydrogen-bond donors (Lipinski definition) is 0. The van der Waals surface area contributed by atoms with Crippen LogP contribution in [0.5, 0.6) is 0 Å². The van der Waals surface area contributed by atoms with Crippen molar-refractivity contribution in [3.05, 3.63) is 0 Å². The Morgan fingerprint density at radius 2 is 0.699 bits per heavy atom. The Bertz CT molecular complexity index is 4440. The molecule has 0 spiro atoms. The van der Waals surface area contributed by atoms with Crippen LogP contribution in [0.4, 0.5) is 0 Å². The zero-order valence-electron chi connectivity index (χ0n) is 85.4. The molecule has 768 valence electrons. The van der Waals surface area contributed by atoms with Gasteiger partial charge in [0.15, 0.2) is 39.6 Å². The zero-order chi connectivity index (χ0) is 103. The third-order valence-corrected chi connectivity index (χ3v) is 30.7. The van der Waals surface area contributed by atoms with Gasteiger partial charge in [-0.25, -0.2) is 28.8 Å². The molecule has 6 heterocycles. The number of carbonyl (C=O) groups is 18. The predicted molar refractivity (Wildman–Crippen MR) is 479 cm³/mol. The molecule has 0 amide bonds. The third kappa shape index (κ3) is 27.8. The van der Waals surface area contributed by atoms with E-state index in [1.807, 2.05) is 83.1 Å². The molecular formula is C100H152O36. The molecule has 6 saturated heterocycles. The molecule has 12 aliphatic rings. The highest BCUT2D eigenvalue weighted by Crippen LogP contribution is 2.54. The predicted octanol–water partition coefficient (Wildman–Crippen LogP) is 13.1. The number of fused-ring (bicyclic) bond motifs is 12. The van der Waals surface area contributed by atoms with Gasteiger partial charge in [0.1, 0.15) is 71.2 Å². The molecule has 36 heteroatoms. The highest BCUT2D eigenvalue weighted by molar-refractivity contribution is 5.86. The van der Waals surface area contributed by atoms with Crippen molar-refractivity contribution in [2.75, 3.05) is 39.6 Å². The van der Waals surface area contributed by atoms with Crippen LogP contribution in [-0.2, 0) is 172 Å². The molecule has 12 fully saturated rings. The topological polar surface area (TPSA) is 473 Å². The lowest BCUT2D eigenvalue weighted by atomic mass is 9.71. The number of carbonyl (C=O) groups excluding carboxylic acids is 18. The van der Waals surface area contributed by atoms with Crippen molar-refractivity contribution in [3.63, 3.8) is 0 Å². The summed E-state index contributed by atoms with van der Waals surface area (Å²) in [7, 11) is 0. The maximum absolute atomic E-state index is 12.1. The summed E-state index contributed by atoms with van der Waals surface area (Å²) in [5, 5.41) is 0. The fourth-order valence-electron chi connectivity index (χ4n) is 17.9. The second-order valence-electron chi connectivity index (χ2n) is 44.6. The van der Waals surface area contributed by atoms with Gasteiger partial charge in [-0.05, 0) is 246 Å². The smallest absolute Gasteiger partial charge is 0.344 e. The van der Waals surface area contributed by atoms with Crippen molar-refractivity contribution in [3.8, 4) is 0 Å². The summed E-state index contributed by atoms with van der Waals surface area (Å²) in [4.78, 5) is 214. The Morgan fingerprint density at radius 3 is 1.15 bits per heavy atom. The average molecular weight is 1930 g/mol. The van der Waals surface area contributed by atoms with E-state index in [9.17, 15) is 86.3 Å². The van der Waals surface area contributed by atoms with E-state index in [4.69, 9.17) is 85.3 Å². The van der Waals surface area contributed by atoms with Crippen molar-refractivity contribution in [1.82, 2.24) is 0 Å². The molecule has 0 aromatic heterocycles. The first-order valence-electron chi connectivity index (χ1n) is 48.2. The van der Waals surface area contributed by atoms with Gasteiger partial charge in [0, 0.05) is 38.5 Å². The Kier molecular flexibility index (Phi) is 37.0. The Labute approximate surface area is 799 Å². The van der Waals surface area contributed by atoms with Gasteiger partial charge in [-0.1, -0.05) is 62.3 Å². The van der Waals surface area contributed by atoms with Gasteiger partial charge in [0.2, 0.25) is 0 Å². The normalized spacial score (nSPS) is 32.3. The summed E-state index contributed by atoms with van der Waals surface area (Å²) in [6.07, 6.45) is 9.03. The van der Waals surface area contributed by atoms with E-state index in [-0.39, 0.29) is 83.5 Å². The van der Waals surface area contributed by atoms with Gasteiger partial charge in [-0.3, -0.25) is 57.5 Å². The summed E-state index contributed by atoms with van der Waals surface area (Å²) in [5.41, 5.74) is -8.38. The van der Waals surface area contributed by atoms with Crippen LogP contribution >= 0.6 is 0 Å². The lowest BCUT2D eigenvalue weighted by Gasteiger charge is -2.38. The van der Waals surface area contributed by atoms with Gasteiger partial charge in [0.05, 0.1) is 66.5 Å². The van der Waals surface area contributed by atoms with E-state index < -0.39 is 219 Å². The highest BCUT2D eigenvalue weighted by atomic mass is 16.7. The van der Waals surface area contributed by atoms with Crippen LogP contribution < -0.4 is 0 Å². The van der Waals surface area contributed by atoms with Crippen molar-refractivity contribution < 1.29 is 172 Å². The van der Waals surface area contributed by atoms with Crippen LogP contribution in [0.2, 0.25) is 0 Å². The molecule has 0 radical (unpaired) electrons. The zero-order valence-corrected chi connectivity index (χ0v) is 85.4. The summed E-state index contributed by atoms with van der Waals surface area (Å²) in [5.74, 6) is -7.42. The molecule has 6 aliphatic carbocycles. The molecule has 12 bridgehead atoms. The van der Waals surface area contributed by atoms with Crippen LogP contribution in [0.1, 0.15) is 329 Å². The van der Waals surface area contributed by atoms with Gasteiger partial charge in [0.25, 0.3) is 0 Å². The minimum Gasteiger partial charge on any atom is -0.458 e. The number of esters is 18. The van der Waals surface area contributed by atoms with E-state index >= 15 is 0 Å². The maximum atomic E-state index is 12.1. The van der Waals surface area contributed by atoms with Crippen molar-refractivity contribution in [1.29, 1.82) is 0 Å². The van der Waals surface area contributed by atoms with E-state index in [0.717, 1.165) is 0 Å². The quantitative estimate of drug-likeness (QED) is 0.0476. The molecule has 0 aromatic carbocycles.